The fourth-order valence-corrected chi connectivity index (χ4v) is 4.90. The van der Waals surface area contributed by atoms with E-state index in [1.165, 1.54) is 16.5 Å². The first-order valence-corrected chi connectivity index (χ1v) is 12.4. The molecule has 4 rings (SSSR count). The highest BCUT2D eigenvalue weighted by Gasteiger charge is 2.15. The molecule has 1 aromatic heterocycles. The van der Waals surface area contributed by atoms with E-state index in [9.17, 15) is 10.1 Å². The number of likely N-dealkylation sites (N-methyl/N-ethyl adjacent to an activating group) is 1. The van der Waals surface area contributed by atoms with Crippen molar-refractivity contribution in [1.82, 2.24) is 10.2 Å². The van der Waals surface area contributed by atoms with Gasteiger partial charge in [-0.15, -0.1) is 11.3 Å². The van der Waals surface area contributed by atoms with E-state index in [2.05, 4.69) is 58.6 Å². The standard InChI is InChI=1S/C27H30N4O2S/c1-19(18-32)17-29-27(33)23(16-28)15-25-7-8-26(34-25)22-4-3-21-14-24(6-5-20(21)13-22)31-11-9-30(2)10-12-31/h3-8,13-15,19,32H,9-12,17-18H2,1-2H3,(H,29,33)/b23-15+. The van der Waals surface area contributed by atoms with Crippen molar-refractivity contribution in [3.8, 4) is 16.5 Å². The second kappa shape index (κ2) is 10.8. The van der Waals surface area contributed by atoms with Crippen LogP contribution in [-0.2, 0) is 4.79 Å². The number of nitriles is 1. The van der Waals surface area contributed by atoms with Gasteiger partial charge in [-0.25, -0.2) is 0 Å². The summed E-state index contributed by atoms with van der Waals surface area (Å²) in [6, 6.07) is 19.1. The highest BCUT2D eigenvalue weighted by molar-refractivity contribution is 7.16. The summed E-state index contributed by atoms with van der Waals surface area (Å²) in [5, 5.41) is 23.6. The molecule has 7 heteroatoms. The Morgan fingerprint density at radius 1 is 1.15 bits per heavy atom. The van der Waals surface area contributed by atoms with E-state index in [1.807, 2.05) is 25.1 Å². The lowest BCUT2D eigenvalue weighted by molar-refractivity contribution is -0.117. The third kappa shape index (κ3) is 5.65. The number of nitrogens with one attached hydrogen (secondary N) is 1. The van der Waals surface area contributed by atoms with E-state index in [0.29, 0.717) is 6.54 Å². The number of carbonyl (C=O) groups excluding carboxylic acids is 1. The van der Waals surface area contributed by atoms with Gasteiger partial charge in [0.2, 0.25) is 0 Å². The molecule has 0 bridgehead atoms. The van der Waals surface area contributed by atoms with Crippen LogP contribution >= 0.6 is 11.3 Å². The quantitative estimate of drug-likeness (QED) is 0.400. The third-order valence-corrected chi connectivity index (χ3v) is 7.26. The summed E-state index contributed by atoms with van der Waals surface area (Å²) < 4.78 is 0. The molecule has 3 aromatic rings. The number of amides is 1. The van der Waals surface area contributed by atoms with Gasteiger partial charge in [-0.3, -0.25) is 4.79 Å². The zero-order chi connectivity index (χ0) is 24.1. The van der Waals surface area contributed by atoms with Crippen LogP contribution in [0, 0.1) is 17.2 Å². The van der Waals surface area contributed by atoms with Crippen LogP contribution in [0.3, 0.4) is 0 Å². The molecule has 1 saturated heterocycles. The molecule has 34 heavy (non-hydrogen) atoms. The summed E-state index contributed by atoms with van der Waals surface area (Å²) in [7, 11) is 2.17. The van der Waals surface area contributed by atoms with E-state index in [0.717, 1.165) is 41.5 Å². The van der Waals surface area contributed by atoms with Gasteiger partial charge in [0.25, 0.3) is 5.91 Å². The first-order chi connectivity index (χ1) is 16.5. The smallest absolute Gasteiger partial charge is 0.261 e. The lowest BCUT2D eigenvalue weighted by Gasteiger charge is -2.34. The van der Waals surface area contributed by atoms with Crippen LogP contribution in [0.15, 0.2) is 54.1 Å². The summed E-state index contributed by atoms with van der Waals surface area (Å²) in [5.74, 6) is -0.470. The van der Waals surface area contributed by atoms with Crippen LogP contribution < -0.4 is 10.2 Å². The van der Waals surface area contributed by atoms with E-state index in [1.54, 1.807) is 17.4 Å². The topological polar surface area (TPSA) is 79.6 Å². The molecule has 1 amide bonds. The number of nitrogens with zero attached hydrogens (tertiary/aromatic N) is 3. The Bertz CT molecular complexity index is 1230. The number of rotatable bonds is 7. The minimum absolute atomic E-state index is 0.0108. The summed E-state index contributed by atoms with van der Waals surface area (Å²) in [5.41, 5.74) is 2.45. The van der Waals surface area contributed by atoms with Crippen molar-refractivity contribution in [2.24, 2.45) is 5.92 Å². The normalized spacial score (nSPS) is 15.8. The van der Waals surface area contributed by atoms with E-state index >= 15 is 0 Å². The number of fused-ring (bicyclic) bond motifs is 1. The molecule has 1 fully saturated rings. The average Bonchev–Trinajstić information content (AvgIpc) is 3.34. The molecule has 2 N–H and O–H groups in total. The van der Waals surface area contributed by atoms with Gasteiger partial charge in [0, 0.05) is 54.8 Å². The Kier molecular flexibility index (Phi) is 7.63. The van der Waals surface area contributed by atoms with Gasteiger partial charge in [0.15, 0.2) is 0 Å². The van der Waals surface area contributed by atoms with Crippen molar-refractivity contribution < 1.29 is 9.90 Å². The zero-order valence-electron chi connectivity index (χ0n) is 19.6. The lowest BCUT2D eigenvalue weighted by Crippen LogP contribution is -2.44. The van der Waals surface area contributed by atoms with Crippen LogP contribution in [0.1, 0.15) is 11.8 Å². The van der Waals surface area contributed by atoms with Gasteiger partial charge >= 0.3 is 0 Å². The molecule has 0 aliphatic carbocycles. The molecule has 0 spiro atoms. The maximum Gasteiger partial charge on any atom is 0.261 e. The molecule has 6 nitrogen and oxygen atoms in total. The number of piperazine rings is 1. The molecule has 1 unspecified atom stereocenters. The SMILES string of the molecule is CC(CO)CNC(=O)/C(C#N)=C/c1ccc(-c2ccc3cc(N4CCN(C)CC4)ccc3c2)s1. The Morgan fingerprint density at radius 3 is 2.62 bits per heavy atom. The summed E-state index contributed by atoms with van der Waals surface area (Å²) in [6.45, 7) is 6.43. The van der Waals surface area contributed by atoms with E-state index < -0.39 is 5.91 Å². The van der Waals surface area contributed by atoms with Crippen LogP contribution in [0.25, 0.3) is 27.3 Å². The fourth-order valence-electron chi connectivity index (χ4n) is 3.95. The molecule has 2 aromatic carbocycles. The molecular weight excluding hydrogens is 444 g/mol. The van der Waals surface area contributed by atoms with Crippen LogP contribution in [0.2, 0.25) is 0 Å². The largest absolute Gasteiger partial charge is 0.396 e. The number of benzene rings is 2. The second-order valence-corrected chi connectivity index (χ2v) is 10.0. The van der Waals surface area contributed by atoms with Gasteiger partial charge < -0.3 is 20.2 Å². The first-order valence-electron chi connectivity index (χ1n) is 11.5. The van der Waals surface area contributed by atoms with Gasteiger partial charge in [0.05, 0.1) is 0 Å². The minimum Gasteiger partial charge on any atom is -0.396 e. The lowest BCUT2D eigenvalue weighted by atomic mass is 10.0. The molecule has 0 radical (unpaired) electrons. The number of hydrogen-bond donors (Lipinski definition) is 2. The number of aliphatic hydroxyl groups excluding tert-OH is 1. The number of thiophene rings is 1. The summed E-state index contributed by atoms with van der Waals surface area (Å²) in [4.78, 5) is 19.0. The predicted molar refractivity (Wildman–Crippen MR) is 140 cm³/mol. The van der Waals surface area contributed by atoms with Crippen LogP contribution in [0.4, 0.5) is 5.69 Å². The van der Waals surface area contributed by atoms with Crippen molar-refractivity contribution in [2.75, 3.05) is 51.3 Å². The minimum atomic E-state index is -0.417. The third-order valence-electron chi connectivity index (χ3n) is 6.18. The van der Waals surface area contributed by atoms with Crippen molar-refractivity contribution in [2.45, 2.75) is 6.92 Å². The maximum atomic E-state index is 12.3. The zero-order valence-corrected chi connectivity index (χ0v) is 20.4. The van der Waals surface area contributed by atoms with Gasteiger partial charge in [0.1, 0.15) is 11.6 Å². The molecule has 0 saturated carbocycles. The number of carbonyl (C=O) groups is 1. The van der Waals surface area contributed by atoms with Crippen LogP contribution in [0.5, 0.6) is 0 Å². The second-order valence-electron chi connectivity index (χ2n) is 8.91. The Labute approximate surface area is 204 Å². The van der Waals surface area contributed by atoms with E-state index in [-0.39, 0.29) is 18.1 Å². The summed E-state index contributed by atoms with van der Waals surface area (Å²) in [6.07, 6.45) is 1.62. The highest BCUT2D eigenvalue weighted by atomic mass is 32.1. The van der Waals surface area contributed by atoms with Crippen molar-refractivity contribution in [1.29, 1.82) is 5.26 Å². The molecule has 2 heterocycles. The van der Waals surface area contributed by atoms with E-state index in [4.69, 9.17) is 5.11 Å². The predicted octanol–water partition coefficient (Wildman–Crippen LogP) is 3.97. The molecular formula is C27H30N4O2S. The number of hydrogen-bond acceptors (Lipinski definition) is 6. The van der Waals surface area contributed by atoms with Crippen molar-refractivity contribution >= 4 is 39.8 Å². The van der Waals surface area contributed by atoms with Crippen molar-refractivity contribution in [3.05, 3.63) is 59.0 Å². The first kappa shape index (κ1) is 24.0. The molecule has 176 valence electrons. The average molecular weight is 475 g/mol. The monoisotopic (exact) mass is 474 g/mol. The van der Waals surface area contributed by atoms with Gasteiger partial charge in [-0.05, 0) is 65.7 Å². The number of aliphatic hydroxyl groups is 1. The molecule has 1 atom stereocenters. The molecule has 1 aliphatic rings. The Balaban J connectivity index is 1.50. The summed E-state index contributed by atoms with van der Waals surface area (Å²) >= 11 is 1.55. The maximum absolute atomic E-state index is 12.3. The Morgan fingerprint density at radius 2 is 1.88 bits per heavy atom. The Hall–Kier alpha value is -3.18. The van der Waals surface area contributed by atoms with Gasteiger partial charge in [-0.2, -0.15) is 5.26 Å². The molecule has 1 aliphatic heterocycles. The van der Waals surface area contributed by atoms with Gasteiger partial charge in [-0.1, -0.05) is 25.1 Å². The fraction of sp³-hybridized carbons (Fsp3) is 0.333. The number of anilines is 1. The van der Waals surface area contributed by atoms with Crippen molar-refractivity contribution in [3.63, 3.8) is 0 Å². The highest BCUT2D eigenvalue weighted by Crippen LogP contribution is 2.32. The van der Waals surface area contributed by atoms with Crippen LogP contribution in [-0.4, -0.2) is 62.3 Å².